The maximum Gasteiger partial charge on any atom is 0.303 e. The number of carboxylic acids is 1. The van der Waals surface area contributed by atoms with Gasteiger partial charge in [-0.05, 0) is 6.08 Å². The number of carboxylic acid groups (broad SMARTS) is 1. The fourth-order valence-electron chi connectivity index (χ4n) is 0.913. The number of rotatable bonds is 3. The van der Waals surface area contributed by atoms with Gasteiger partial charge in [-0.15, -0.1) is 0 Å². The van der Waals surface area contributed by atoms with Crippen LogP contribution in [-0.4, -0.2) is 28.5 Å². The second-order valence-electron chi connectivity index (χ2n) is 2.44. The van der Waals surface area contributed by atoms with Gasteiger partial charge in [-0.1, -0.05) is 0 Å². The van der Waals surface area contributed by atoms with E-state index in [0.29, 0.717) is 18.8 Å². The monoisotopic (exact) mass is 169 g/mol. The van der Waals surface area contributed by atoms with Crippen LogP contribution in [-0.2, 0) is 4.79 Å². The Morgan fingerprint density at radius 2 is 2.58 bits per heavy atom. The summed E-state index contributed by atoms with van der Waals surface area (Å²) in [7, 11) is 0. The number of aliphatic carboxylic acids is 1. The number of nitrogens with two attached hydrogens (primary N) is 1. The Bertz CT molecular complexity index is 235. The normalized spacial score (nSPS) is 16.1. The van der Waals surface area contributed by atoms with Crippen molar-refractivity contribution in [3.8, 4) is 0 Å². The van der Waals surface area contributed by atoms with Crippen molar-refractivity contribution in [2.75, 3.05) is 6.54 Å². The number of hydrogen-bond acceptors (Lipinski definition) is 4. The van der Waals surface area contributed by atoms with E-state index in [0.717, 1.165) is 0 Å². The average molecular weight is 169 g/mol. The van der Waals surface area contributed by atoms with Crippen LogP contribution < -0.4 is 5.84 Å². The van der Waals surface area contributed by atoms with E-state index in [2.05, 4.69) is 4.99 Å². The lowest BCUT2D eigenvalue weighted by atomic mass is 10.2. The van der Waals surface area contributed by atoms with E-state index in [1.807, 2.05) is 6.08 Å². The molecule has 0 amide bonds. The third-order valence-corrected chi connectivity index (χ3v) is 1.51. The summed E-state index contributed by atoms with van der Waals surface area (Å²) < 4.78 is 0. The summed E-state index contributed by atoms with van der Waals surface area (Å²) in [6.45, 7) is 0.586. The molecule has 0 bridgehead atoms. The van der Waals surface area contributed by atoms with Crippen molar-refractivity contribution in [2.45, 2.75) is 12.8 Å². The number of aliphatic imine (C=N–C) groups is 1. The molecule has 0 unspecified atom stereocenters. The van der Waals surface area contributed by atoms with Crippen molar-refractivity contribution in [1.29, 1.82) is 0 Å². The summed E-state index contributed by atoms with van der Waals surface area (Å²) >= 11 is 0. The molecular formula is C7H11N3O2. The van der Waals surface area contributed by atoms with Gasteiger partial charge in [-0.25, -0.2) is 5.84 Å². The van der Waals surface area contributed by atoms with E-state index in [4.69, 9.17) is 10.9 Å². The lowest BCUT2D eigenvalue weighted by Crippen LogP contribution is -2.34. The summed E-state index contributed by atoms with van der Waals surface area (Å²) in [4.78, 5) is 14.3. The van der Waals surface area contributed by atoms with E-state index in [1.165, 1.54) is 5.01 Å². The van der Waals surface area contributed by atoms with Crippen molar-refractivity contribution in [3.63, 3.8) is 0 Å². The zero-order valence-corrected chi connectivity index (χ0v) is 6.60. The molecule has 0 fully saturated rings. The van der Waals surface area contributed by atoms with Crippen LogP contribution in [0.5, 0.6) is 0 Å². The Hall–Kier alpha value is -1.36. The molecule has 0 aromatic heterocycles. The van der Waals surface area contributed by atoms with Crippen LogP contribution in [0.15, 0.2) is 17.3 Å². The molecule has 0 atom stereocenters. The highest BCUT2D eigenvalue weighted by Gasteiger charge is 2.08. The van der Waals surface area contributed by atoms with Crippen LogP contribution in [0, 0.1) is 0 Å². The SMILES string of the molecule is NN1C=CCN=C1CCC(=O)O. The smallest absolute Gasteiger partial charge is 0.303 e. The number of nitrogens with zero attached hydrogens (tertiary/aromatic N) is 2. The molecule has 66 valence electrons. The Morgan fingerprint density at radius 3 is 3.17 bits per heavy atom. The van der Waals surface area contributed by atoms with Crippen molar-refractivity contribution >= 4 is 11.8 Å². The van der Waals surface area contributed by atoms with Gasteiger partial charge in [-0.2, -0.15) is 0 Å². The van der Waals surface area contributed by atoms with E-state index < -0.39 is 5.97 Å². The second-order valence-corrected chi connectivity index (χ2v) is 2.44. The maximum atomic E-state index is 10.2. The molecule has 1 aliphatic heterocycles. The molecule has 3 N–H and O–H groups in total. The van der Waals surface area contributed by atoms with Crippen molar-refractivity contribution in [3.05, 3.63) is 12.3 Å². The molecule has 5 nitrogen and oxygen atoms in total. The fraction of sp³-hybridized carbons (Fsp3) is 0.429. The Balaban J connectivity index is 2.41. The van der Waals surface area contributed by atoms with Crippen LogP contribution in [0.1, 0.15) is 12.8 Å². The zero-order valence-electron chi connectivity index (χ0n) is 6.60. The summed E-state index contributed by atoms with van der Waals surface area (Å²) in [5.41, 5.74) is 0. The first kappa shape index (κ1) is 8.73. The molecule has 0 spiro atoms. The van der Waals surface area contributed by atoms with Gasteiger partial charge in [0.1, 0.15) is 5.84 Å². The first-order chi connectivity index (χ1) is 5.70. The van der Waals surface area contributed by atoms with Crippen molar-refractivity contribution in [2.24, 2.45) is 10.8 Å². The van der Waals surface area contributed by atoms with E-state index in [1.54, 1.807) is 6.20 Å². The molecule has 0 saturated carbocycles. The van der Waals surface area contributed by atoms with Crippen molar-refractivity contribution < 1.29 is 9.90 Å². The highest BCUT2D eigenvalue weighted by atomic mass is 16.4. The van der Waals surface area contributed by atoms with E-state index >= 15 is 0 Å². The van der Waals surface area contributed by atoms with Gasteiger partial charge in [-0.3, -0.25) is 14.8 Å². The van der Waals surface area contributed by atoms with Gasteiger partial charge in [0.2, 0.25) is 0 Å². The van der Waals surface area contributed by atoms with Crippen LogP contribution in [0.4, 0.5) is 0 Å². The quantitative estimate of drug-likeness (QED) is 0.581. The third-order valence-electron chi connectivity index (χ3n) is 1.51. The standard InChI is InChI=1S/C7H11N3O2/c8-10-5-1-4-9-6(10)2-3-7(11)12/h1,5H,2-4,8H2,(H,11,12). The molecule has 0 aromatic rings. The van der Waals surface area contributed by atoms with Crippen LogP contribution in [0.3, 0.4) is 0 Å². The maximum absolute atomic E-state index is 10.2. The summed E-state index contributed by atoms with van der Waals surface area (Å²) in [6.07, 6.45) is 3.95. The van der Waals surface area contributed by atoms with Gasteiger partial charge in [0.15, 0.2) is 0 Å². The predicted octanol–water partition coefficient (Wildman–Crippen LogP) is -0.0473. The molecule has 0 aliphatic carbocycles. The minimum absolute atomic E-state index is 0.0698. The van der Waals surface area contributed by atoms with Gasteiger partial charge >= 0.3 is 5.97 Å². The fourth-order valence-corrected chi connectivity index (χ4v) is 0.913. The zero-order chi connectivity index (χ0) is 8.97. The van der Waals surface area contributed by atoms with Crippen LogP contribution in [0.2, 0.25) is 0 Å². The Labute approximate surface area is 70.2 Å². The third kappa shape index (κ3) is 2.35. The number of hydrazine groups is 1. The van der Waals surface area contributed by atoms with Gasteiger partial charge in [0.25, 0.3) is 0 Å². The van der Waals surface area contributed by atoms with Gasteiger partial charge in [0, 0.05) is 12.6 Å². The highest BCUT2D eigenvalue weighted by molar-refractivity contribution is 5.86. The number of hydrogen-bond donors (Lipinski definition) is 2. The molecule has 1 aliphatic rings. The largest absolute Gasteiger partial charge is 0.481 e. The Kier molecular flexibility index (Phi) is 2.82. The molecule has 0 saturated heterocycles. The number of carbonyl (C=O) groups is 1. The van der Waals surface area contributed by atoms with E-state index in [9.17, 15) is 4.79 Å². The summed E-state index contributed by atoms with van der Waals surface area (Å²) in [5.74, 6) is 5.28. The minimum atomic E-state index is -0.833. The van der Waals surface area contributed by atoms with Crippen LogP contribution in [0.25, 0.3) is 0 Å². The highest BCUT2D eigenvalue weighted by Crippen LogP contribution is 2.01. The lowest BCUT2D eigenvalue weighted by molar-refractivity contribution is -0.136. The minimum Gasteiger partial charge on any atom is -0.481 e. The van der Waals surface area contributed by atoms with Gasteiger partial charge < -0.3 is 5.11 Å². The number of amidine groups is 1. The summed E-state index contributed by atoms with van der Waals surface area (Å²) in [5, 5.41) is 9.75. The first-order valence-corrected chi connectivity index (χ1v) is 3.66. The predicted molar refractivity (Wildman–Crippen MR) is 44.3 cm³/mol. The second kappa shape index (κ2) is 3.87. The topological polar surface area (TPSA) is 78.9 Å². The summed E-state index contributed by atoms with van der Waals surface area (Å²) in [6, 6.07) is 0. The first-order valence-electron chi connectivity index (χ1n) is 3.66. The van der Waals surface area contributed by atoms with Crippen LogP contribution >= 0.6 is 0 Å². The molecule has 1 heterocycles. The Morgan fingerprint density at radius 1 is 1.83 bits per heavy atom. The molecular weight excluding hydrogens is 158 g/mol. The molecule has 5 heteroatoms. The van der Waals surface area contributed by atoms with E-state index in [-0.39, 0.29) is 6.42 Å². The van der Waals surface area contributed by atoms with Gasteiger partial charge in [0.05, 0.1) is 13.0 Å². The lowest BCUT2D eigenvalue weighted by Gasteiger charge is -2.18. The molecule has 0 radical (unpaired) electrons. The molecule has 0 aromatic carbocycles. The van der Waals surface area contributed by atoms with Crippen molar-refractivity contribution in [1.82, 2.24) is 5.01 Å². The molecule has 12 heavy (non-hydrogen) atoms. The average Bonchev–Trinajstić information content (AvgIpc) is 2.03. The molecule has 1 rings (SSSR count).